The zero-order valence-corrected chi connectivity index (χ0v) is 19.9. The summed E-state index contributed by atoms with van der Waals surface area (Å²) >= 11 is 6.05. The van der Waals surface area contributed by atoms with Gasteiger partial charge in [-0.05, 0) is 46.5 Å². The predicted octanol–water partition coefficient (Wildman–Crippen LogP) is 2.66. The molecule has 5 rings (SSSR count). The molecule has 3 aromatic rings. The van der Waals surface area contributed by atoms with Crippen LogP contribution in [0.3, 0.4) is 0 Å². The Bertz CT molecular complexity index is 1320. The van der Waals surface area contributed by atoms with Crippen LogP contribution in [-0.2, 0) is 23.3 Å². The van der Waals surface area contributed by atoms with Gasteiger partial charge in [-0.2, -0.15) is 21.8 Å². The average molecular weight is 499 g/mol. The molecular weight excluding hydrogens is 476 g/mol. The quantitative estimate of drug-likeness (QED) is 0.408. The van der Waals surface area contributed by atoms with Gasteiger partial charge in [0.05, 0.1) is 0 Å². The molecule has 1 amide bonds. The standard InChI is InChI=1S/C24H23ClN4O4S/c25-23-6-5-21-16-29(17-22(21)15-23)34(32,33)28-13-11-26(12-14-28)24(30)20-3-1-18(2-4-20)19-7-9-27(31)10-8-19/h1-10,15H,11-14,16-17H2. The molecule has 0 radical (unpaired) electrons. The van der Waals surface area contributed by atoms with E-state index in [0.717, 1.165) is 27.0 Å². The Labute approximate surface area is 203 Å². The molecule has 0 saturated carbocycles. The van der Waals surface area contributed by atoms with Gasteiger partial charge >= 0.3 is 0 Å². The summed E-state index contributed by atoms with van der Waals surface area (Å²) in [6, 6.07) is 16.1. The van der Waals surface area contributed by atoms with Gasteiger partial charge in [0.2, 0.25) is 0 Å². The van der Waals surface area contributed by atoms with Crippen molar-refractivity contribution in [3.63, 3.8) is 0 Å². The van der Waals surface area contributed by atoms with Crippen molar-refractivity contribution in [2.45, 2.75) is 13.1 Å². The zero-order valence-electron chi connectivity index (χ0n) is 18.3. The molecule has 1 aromatic heterocycles. The number of hydrogen-bond acceptors (Lipinski definition) is 4. The molecule has 0 N–H and O–H groups in total. The highest BCUT2D eigenvalue weighted by atomic mass is 35.5. The van der Waals surface area contributed by atoms with Crippen LogP contribution in [0.25, 0.3) is 11.1 Å². The van der Waals surface area contributed by atoms with Crippen molar-refractivity contribution in [1.82, 2.24) is 13.5 Å². The van der Waals surface area contributed by atoms with E-state index in [9.17, 15) is 18.4 Å². The van der Waals surface area contributed by atoms with E-state index in [2.05, 4.69) is 0 Å². The topological polar surface area (TPSA) is 87.9 Å². The summed E-state index contributed by atoms with van der Waals surface area (Å²) in [7, 11) is -3.63. The van der Waals surface area contributed by atoms with E-state index in [-0.39, 0.29) is 19.0 Å². The Morgan fingerprint density at radius 3 is 2.12 bits per heavy atom. The van der Waals surface area contributed by atoms with Crippen molar-refractivity contribution in [2.24, 2.45) is 0 Å². The summed E-state index contributed by atoms with van der Waals surface area (Å²) in [5, 5.41) is 11.8. The second kappa shape index (κ2) is 8.99. The number of benzene rings is 2. The summed E-state index contributed by atoms with van der Waals surface area (Å²) in [6.45, 7) is 1.79. The number of amides is 1. The van der Waals surface area contributed by atoms with E-state index >= 15 is 0 Å². The van der Waals surface area contributed by atoms with Crippen LogP contribution in [0, 0.1) is 5.21 Å². The highest BCUT2D eigenvalue weighted by Gasteiger charge is 2.36. The molecule has 2 aromatic carbocycles. The normalized spacial score (nSPS) is 17.0. The highest BCUT2D eigenvalue weighted by molar-refractivity contribution is 7.86. The number of carbonyl (C=O) groups excluding carboxylic acids is 1. The van der Waals surface area contributed by atoms with Gasteiger partial charge in [-0.3, -0.25) is 4.79 Å². The molecule has 176 valence electrons. The number of piperazine rings is 1. The zero-order chi connectivity index (χ0) is 23.9. The number of hydrogen-bond donors (Lipinski definition) is 0. The van der Waals surface area contributed by atoms with Gasteiger partial charge in [0.1, 0.15) is 0 Å². The molecule has 0 aliphatic carbocycles. The minimum atomic E-state index is -3.63. The lowest BCUT2D eigenvalue weighted by molar-refractivity contribution is -0.605. The van der Waals surface area contributed by atoms with Gasteiger partial charge in [0, 0.05) is 62.0 Å². The number of halogens is 1. The molecule has 0 unspecified atom stereocenters. The van der Waals surface area contributed by atoms with Gasteiger partial charge in [-0.25, -0.2) is 0 Å². The van der Waals surface area contributed by atoms with Crippen molar-refractivity contribution in [2.75, 3.05) is 26.2 Å². The first-order chi connectivity index (χ1) is 16.3. The Morgan fingerprint density at radius 1 is 0.824 bits per heavy atom. The predicted molar refractivity (Wildman–Crippen MR) is 128 cm³/mol. The maximum Gasteiger partial charge on any atom is 0.282 e. The third-order valence-electron chi connectivity index (χ3n) is 6.31. The van der Waals surface area contributed by atoms with Crippen molar-refractivity contribution in [3.05, 3.63) is 93.9 Å². The van der Waals surface area contributed by atoms with E-state index in [4.69, 9.17) is 11.6 Å². The lowest BCUT2D eigenvalue weighted by Crippen LogP contribution is -2.53. The maximum atomic E-state index is 13.2. The summed E-state index contributed by atoms with van der Waals surface area (Å²) in [5.74, 6) is -0.128. The van der Waals surface area contributed by atoms with Crippen molar-refractivity contribution < 1.29 is 17.9 Å². The average Bonchev–Trinajstić information content (AvgIpc) is 3.28. The Hall–Kier alpha value is -2.98. The van der Waals surface area contributed by atoms with E-state index < -0.39 is 10.2 Å². The molecular formula is C24H23ClN4O4S. The number of pyridine rings is 1. The number of carbonyl (C=O) groups is 1. The molecule has 10 heteroatoms. The third kappa shape index (κ3) is 4.39. The van der Waals surface area contributed by atoms with Crippen molar-refractivity contribution in [1.29, 1.82) is 0 Å². The number of fused-ring (bicyclic) bond motifs is 1. The summed E-state index contributed by atoms with van der Waals surface area (Å²) < 4.78 is 30.0. The number of aromatic nitrogens is 1. The first-order valence-corrected chi connectivity index (χ1v) is 12.7. The monoisotopic (exact) mass is 498 g/mol. The van der Waals surface area contributed by atoms with Crippen LogP contribution in [0.2, 0.25) is 5.02 Å². The largest absolute Gasteiger partial charge is 0.619 e. The van der Waals surface area contributed by atoms with Gasteiger partial charge in [0.15, 0.2) is 12.4 Å². The fourth-order valence-corrected chi connectivity index (χ4v) is 6.12. The molecule has 1 fully saturated rings. The molecule has 34 heavy (non-hydrogen) atoms. The van der Waals surface area contributed by atoms with Crippen LogP contribution in [0.15, 0.2) is 67.0 Å². The molecule has 0 spiro atoms. The fraction of sp³-hybridized carbons (Fsp3) is 0.250. The van der Waals surface area contributed by atoms with E-state index in [1.807, 2.05) is 24.3 Å². The lowest BCUT2D eigenvalue weighted by Gasteiger charge is -2.35. The number of nitrogens with zero attached hydrogens (tertiary/aromatic N) is 4. The molecule has 2 aliphatic rings. The minimum absolute atomic E-state index is 0.128. The highest BCUT2D eigenvalue weighted by Crippen LogP contribution is 2.29. The second-order valence-corrected chi connectivity index (χ2v) is 10.8. The molecule has 0 bridgehead atoms. The fourth-order valence-electron chi connectivity index (χ4n) is 4.37. The summed E-state index contributed by atoms with van der Waals surface area (Å²) in [4.78, 5) is 14.7. The first-order valence-electron chi connectivity index (χ1n) is 10.9. The van der Waals surface area contributed by atoms with E-state index in [1.165, 1.54) is 21.0 Å². The SMILES string of the molecule is O=C(c1ccc(-c2cc[n+]([O-])cc2)cc1)N1CCN(S(=O)(=O)N2Cc3ccc(Cl)cc3C2)CC1. The maximum absolute atomic E-state index is 13.2. The van der Waals surface area contributed by atoms with Gasteiger partial charge in [-0.15, -0.1) is 0 Å². The van der Waals surface area contributed by atoms with Gasteiger partial charge in [-0.1, -0.05) is 29.8 Å². The van der Waals surface area contributed by atoms with Crippen LogP contribution >= 0.6 is 11.6 Å². The van der Waals surface area contributed by atoms with Crippen LogP contribution in [0.5, 0.6) is 0 Å². The van der Waals surface area contributed by atoms with Crippen LogP contribution < -0.4 is 4.73 Å². The van der Waals surface area contributed by atoms with Crippen LogP contribution in [0.4, 0.5) is 0 Å². The third-order valence-corrected chi connectivity index (χ3v) is 8.47. The number of rotatable bonds is 4. The molecule has 3 heterocycles. The Kier molecular flexibility index (Phi) is 6.03. The van der Waals surface area contributed by atoms with Gasteiger partial charge in [0.25, 0.3) is 16.1 Å². The Balaban J connectivity index is 1.21. The van der Waals surface area contributed by atoms with Crippen molar-refractivity contribution >= 4 is 27.7 Å². The lowest BCUT2D eigenvalue weighted by atomic mass is 10.0. The smallest absolute Gasteiger partial charge is 0.282 e. The minimum Gasteiger partial charge on any atom is -0.619 e. The van der Waals surface area contributed by atoms with E-state index in [1.54, 1.807) is 35.2 Å². The Morgan fingerprint density at radius 2 is 1.44 bits per heavy atom. The second-order valence-electron chi connectivity index (χ2n) is 8.40. The van der Waals surface area contributed by atoms with Crippen LogP contribution in [-0.4, -0.2) is 54.0 Å². The molecule has 2 aliphatic heterocycles. The van der Waals surface area contributed by atoms with Crippen LogP contribution in [0.1, 0.15) is 21.5 Å². The molecule has 1 saturated heterocycles. The first kappa shape index (κ1) is 22.8. The molecule has 8 nitrogen and oxygen atoms in total. The summed E-state index contributed by atoms with van der Waals surface area (Å²) in [5.41, 5.74) is 4.22. The van der Waals surface area contributed by atoms with Gasteiger partial charge < -0.3 is 10.1 Å². The van der Waals surface area contributed by atoms with Crippen molar-refractivity contribution in [3.8, 4) is 11.1 Å². The molecule has 0 atom stereocenters. The summed E-state index contributed by atoms with van der Waals surface area (Å²) in [6.07, 6.45) is 2.86. The van der Waals surface area contributed by atoms with E-state index in [0.29, 0.717) is 36.8 Å².